The lowest BCUT2D eigenvalue weighted by molar-refractivity contribution is 0.0500. The molecule has 0 radical (unpaired) electrons. The van der Waals surface area contributed by atoms with Crippen molar-refractivity contribution in [1.29, 1.82) is 0 Å². The molecule has 0 bridgehead atoms. The molecule has 2 rings (SSSR count). The van der Waals surface area contributed by atoms with Crippen LogP contribution < -0.4 is 5.32 Å². The molecular weight excluding hydrogens is 202 g/mol. The Bertz CT molecular complexity index is 350. The molecule has 1 fully saturated rings. The molecule has 16 heavy (non-hydrogen) atoms. The van der Waals surface area contributed by atoms with Gasteiger partial charge in [0.05, 0.1) is 12.2 Å². The standard InChI is InChI=1S/C13H17NO2/c1-2-11-12(14-11)8-9-16-13(15)10-6-4-3-5-7-10/h3-7,11-12,14H,2,8-9H2,1H3/t11-,12+/m1/s1. The first kappa shape index (κ1) is 11.1. The first-order valence-corrected chi connectivity index (χ1v) is 5.79. The van der Waals surface area contributed by atoms with Crippen LogP contribution in [0, 0.1) is 0 Å². The van der Waals surface area contributed by atoms with E-state index in [1.807, 2.05) is 18.2 Å². The average Bonchev–Trinajstić information content (AvgIpc) is 3.09. The molecule has 1 N–H and O–H groups in total. The third-order valence-electron chi connectivity index (χ3n) is 2.92. The molecule has 0 aliphatic carbocycles. The topological polar surface area (TPSA) is 48.2 Å². The maximum absolute atomic E-state index is 11.6. The van der Waals surface area contributed by atoms with E-state index in [0.29, 0.717) is 24.3 Å². The number of ether oxygens (including phenoxy) is 1. The summed E-state index contributed by atoms with van der Waals surface area (Å²) in [4.78, 5) is 11.6. The SMILES string of the molecule is CC[C@H]1N[C@H]1CCOC(=O)c1ccccc1. The number of carbonyl (C=O) groups excluding carboxylic acids is 1. The molecule has 0 saturated carbocycles. The van der Waals surface area contributed by atoms with Crippen molar-refractivity contribution in [1.82, 2.24) is 5.32 Å². The van der Waals surface area contributed by atoms with Crippen LogP contribution in [0.3, 0.4) is 0 Å². The number of carbonyl (C=O) groups is 1. The van der Waals surface area contributed by atoms with Crippen LogP contribution >= 0.6 is 0 Å². The molecule has 0 spiro atoms. The predicted octanol–water partition coefficient (Wildman–Crippen LogP) is 1.98. The molecule has 1 aliphatic heterocycles. The minimum absolute atomic E-state index is 0.228. The third-order valence-corrected chi connectivity index (χ3v) is 2.92. The van der Waals surface area contributed by atoms with Crippen LogP contribution in [-0.2, 0) is 4.74 Å². The van der Waals surface area contributed by atoms with Crippen molar-refractivity contribution in [3.8, 4) is 0 Å². The van der Waals surface area contributed by atoms with E-state index in [9.17, 15) is 4.79 Å². The molecule has 3 heteroatoms. The summed E-state index contributed by atoms with van der Waals surface area (Å²) >= 11 is 0. The zero-order valence-corrected chi connectivity index (χ0v) is 9.48. The van der Waals surface area contributed by atoms with Crippen molar-refractivity contribution in [2.24, 2.45) is 0 Å². The predicted molar refractivity (Wildman–Crippen MR) is 62.3 cm³/mol. The highest BCUT2D eigenvalue weighted by molar-refractivity contribution is 5.89. The van der Waals surface area contributed by atoms with Gasteiger partial charge in [0.15, 0.2) is 0 Å². The van der Waals surface area contributed by atoms with Crippen LogP contribution in [0.4, 0.5) is 0 Å². The van der Waals surface area contributed by atoms with Crippen LogP contribution in [0.2, 0.25) is 0 Å². The summed E-state index contributed by atoms with van der Waals surface area (Å²) in [6, 6.07) is 10.3. The number of rotatable bonds is 5. The second kappa shape index (κ2) is 5.12. The summed E-state index contributed by atoms with van der Waals surface area (Å²) in [6.45, 7) is 2.66. The summed E-state index contributed by atoms with van der Waals surface area (Å²) in [5.41, 5.74) is 0.623. The molecule has 1 aliphatic rings. The lowest BCUT2D eigenvalue weighted by Gasteiger charge is -2.03. The Morgan fingerprint density at radius 3 is 2.69 bits per heavy atom. The smallest absolute Gasteiger partial charge is 0.338 e. The van der Waals surface area contributed by atoms with Crippen LogP contribution in [0.1, 0.15) is 30.1 Å². The molecule has 1 aromatic rings. The van der Waals surface area contributed by atoms with E-state index in [4.69, 9.17) is 4.74 Å². The third kappa shape index (κ3) is 2.83. The van der Waals surface area contributed by atoms with Gasteiger partial charge in [-0.2, -0.15) is 0 Å². The van der Waals surface area contributed by atoms with Crippen molar-refractivity contribution < 1.29 is 9.53 Å². The van der Waals surface area contributed by atoms with E-state index in [2.05, 4.69) is 12.2 Å². The van der Waals surface area contributed by atoms with Gasteiger partial charge in [0.25, 0.3) is 0 Å². The Morgan fingerprint density at radius 2 is 2.06 bits per heavy atom. The van der Waals surface area contributed by atoms with Gasteiger partial charge in [0, 0.05) is 12.1 Å². The van der Waals surface area contributed by atoms with Gasteiger partial charge in [0.1, 0.15) is 0 Å². The minimum Gasteiger partial charge on any atom is -0.462 e. The van der Waals surface area contributed by atoms with Gasteiger partial charge < -0.3 is 10.1 Å². The van der Waals surface area contributed by atoms with E-state index < -0.39 is 0 Å². The largest absolute Gasteiger partial charge is 0.462 e. The highest BCUT2D eigenvalue weighted by Gasteiger charge is 2.33. The van der Waals surface area contributed by atoms with Gasteiger partial charge in [-0.3, -0.25) is 0 Å². The first-order valence-electron chi connectivity index (χ1n) is 5.79. The summed E-state index contributed by atoms with van der Waals surface area (Å²) < 4.78 is 5.19. The van der Waals surface area contributed by atoms with E-state index in [-0.39, 0.29) is 5.97 Å². The molecule has 0 amide bonds. The first-order chi connectivity index (χ1) is 7.81. The minimum atomic E-state index is -0.228. The van der Waals surface area contributed by atoms with E-state index >= 15 is 0 Å². The quantitative estimate of drug-likeness (QED) is 0.608. The number of benzene rings is 1. The van der Waals surface area contributed by atoms with Crippen LogP contribution in [0.15, 0.2) is 30.3 Å². The number of hydrogen-bond donors (Lipinski definition) is 1. The van der Waals surface area contributed by atoms with Gasteiger partial charge in [0.2, 0.25) is 0 Å². The molecule has 2 atom stereocenters. The monoisotopic (exact) mass is 219 g/mol. The van der Waals surface area contributed by atoms with Crippen LogP contribution in [0.25, 0.3) is 0 Å². The number of nitrogens with one attached hydrogen (secondary N) is 1. The van der Waals surface area contributed by atoms with Crippen molar-refractivity contribution in [3.63, 3.8) is 0 Å². The average molecular weight is 219 g/mol. The fourth-order valence-electron chi connectivity index (χ4n) is 1.84. The maximum Gasteiger partial charge on any atom is 0.338 e. The Hall–Kier alpha value is -1.35. The van der Waals surface area contributed by atoms with Crippen molar-refractivity contribution >= 4 is 5.97 Å². The highest BCUT2D eigenvalue weighted by atomic mass is 16.5. The zero-order valence-electron chi connectivity index (χ0n) is 9.48. The van der Waals surface area contributed by atoms with Crippen LogP contribution in [-0.4, -0.2) is 24.7 Å². The summed E-state index contributed by atoms with van der Waals surface area (Å²) in [6.07, 6.45) is 2.06. The maximum atomic E-state index is 11.6. The van der Waals surface area contributed by atoms with Gasteiger partial charge in [-0.1, -0.05) is 25.1 Å². The Balaban J connectivity index is 1.69. The van der Waals surface area contributed by atoms with E-state index in [1.54, 1.807) is 12.1 Å². The summed E-state index contributed by atoms with van der Waals surface area (Å²) in [5.74, 6) is -0.228. The van der Waals surface area contributed by atoms with Gasteiger partial charge in [-0.25, -0.2) is 4.79 Å². The molecule has 1 heterocycles. The molecule has 1 aromatic carbocycles. The Kier molecular flexibility index (Phi) is 3.57. The van der Waals surface area contributed by atoms with Crippen LogP contribution in [0.5, 0.6) is 0 Å². The van der Waals surface area contributed by atoms with Gasteiger partial charge in [-0.15, -0.1) is 0 Å². The van der Waals surface area contributed by atoms with Gasteiger partial charge >= 0.3 is 5.97 Å². The second-order valence-electron chi connectivity index (χ2n) is 4.08. The Labute approximate surface area is 95.8 Å². The normalized spacial score (nSPS) is 22.8. The van der Waals surface area contributed by atoms with E-state index in [0.717, 1.165) is 12.8 Å². The number of esters is 1. The van der Waals surface area contributed by atoms with Crippen molar-refractivity contribution in [2.75, 3.05) is 6.61 Å². The van der Waals surface area contributed by atoms with Gasteiger partial charge in [-0.05, 0) is 25.0 Å². The molecule has 1 saturated heterocycles. The lowest BCUT2D eigenvalue weighted by atomic mass is 10.2. The second-order valence-corrected chi connectivity index (χ2v) is 4.08. The van der Waals surface area contributed by atoms with E-state index in [1.165, 1.54) is 0 Å². The fourth-order valence-corrected chi connectivity index (χ4v) is 1.84. The highest BCUT2D eigenvalue weighted by Crippen LogP contribution is 2.17. The Morgan fingerprint density at radius 1 is 1.31 bits per heavy atom. The number of hydrogen-bond acceptors (Lipinski definition) is 3. The molecule has 86 valence electrons. The summed E-state index contributed by atoms with van der Waals surface area (Å²) in [5, 5.41) is 3.34. The van der Waals surface area contributed by atoms with Crippen molar-refractivity contribution in [2.45, 2.75) is 31.8 Å². The molecule has 0 unspecified atom stereocenters. The molecule has 3 nitrogen and oxygen atoms in total. The lowest BCUT2D eigenvalue weighted by Crippen LogP contribution is -2.08. The molecule has 0 aromatic heterocycles. The van der Waals surface area contributed by atoms with Crippen molar-refractivity contribution in [3.05, 3.63) is 35.9 Å². The zero-order chi connectivity index (χ0) is 11.4. The summed E-state index contributed by atoms with van der Waals surface area (Å²) in [7, 11) is 0. The molecular formula is C13H17NO2. The fraction of sp³-hybridized carbons (Fsp3) is 0.462.